The third-order valence-corrected chi connectivity index (χ3v) is 8.16. The van der Waals surface area contributed by atoms with Crippen LogP contribution in [0.1, 0.15) is 42.5 Å². The van der Waals surface area contributed by atoms with Gasteiger partial charge in [0, 0.05) is 45.1 Å². The second kappa shape index (κ2) is 13.8. The van der Waals surface area contributed by atoms with Gasteiger partial charge in [0.2, 0.25) is 0 Å². The minimum atomic E-state index is -1.00. The van der Waals surface area contributed by atoms with Crippen LogP contribution in [0.15, 0.2) is 88.8 Å². The molecule has 214 valence electrons. The normalized spacial score (nSPS) is 15.0. The summed E-state index contributed by atoms with van der Waals surface area (Å²) in [5.74, 6) is 1.00. The van der Waals surface area contributed by atoms with Crippen LogP contribution < -0.4 is 20.5 Å². The Morgan fingerprint density at radius 3 is 2.56 bits per heavy atom. The molecule has 1 fully saturated rings. The number of hydrogen-bond donors (Lipinski definition) is 3. The molecule has 4 aromatic rings. The Hall–Kier alpha value is -3.63. The van der Waals surface area contributed by atoms with E-state index < -0.39 is 12.3 Å². The van der Waals surface area contributed by atoms with E-state index >= 15 is 0 Å². The molecular weight excluding hydrogens is 538 g/mol. The lowest BCUT2D eigenvalue weighted by molar-refractivity contribution is -0.147. The quantitative estimate of drug-likeness (QED) is 0.176. The first-order valence-electron chi connectivity index (χ1n) is 13.8. The number of carbonyl (C=O) groups excluding carboxylic acids is 1. The Bertz CT molecular complexity index is 1450. The molecule has 1 unspecified atom stereocenters. The molecular formula is C32H35N3O5S. The Kier molecular flexibility index (Phi) is 9.74. The molecule has 0 radical (unpaired) electrons. The first kappa shape index (κ1) is 28.9. The molecule has 0 bridgehead atoms. The molecule has 4 N–H and O–H groups in total. The summed E-state index contributed by atoms with van der Waals surface area (Å²) in [6.45, 7) is 0.301. The van der Waals surface area contributed by atoms with Gasteiger partial charge in [-0.2, -0.15) is 0 Å². The number of anilines is 1. The van der Waals surface area contributed by atoms with Crippen molar-refractivity contribution in [3.63, 3.8) is 0 Å². The van der Waals surface area contributed by atoms with Crippen LogP contribution >= 0.6 is 11.8 Å². The van der Waals surface area contributed by atoms with Gasteiger partial charge in [-0.1, -0.05) is 42.8 Å². The molecule has 1 aromatic heterocycles. The smallest absolute Gasteiger partial charge is 0.255 e. The van der Waals surface area contributed by atoms with Gasteiger partial charge < -0.3 is 30.4 Å². The van der Waals surface area contributed by atoms with Crippen molar-refractivity contribution >= 4 is 34.3 Å². The number of methoxy groups -OCH3 is 1. The fourth-order valence-corrected chi connectivity index (χ4v) is 5.71. The molecule has 1 aliphatic rings. The first-order valence-corrected chi connectivity index (χ1v) is 14.6. The van der Waals surface area contributed by atoms with Crippen LogP contribution in [0.4, 0.5) is 5.69 Å². The number of carbonyl (C=O) groups is 1. The van der Waals surface area contributed by atoms with E-state index in [1.165, 1.54) is 0 Å². The molecule has 5 rings (SSSR count). The number of benzene rings is 3. The predicted octanol–water partition coefficient (Wildman–Crippen LogP) is 6.02. The van der Waals surface area contributed by atoms with Crippen LogP contribution in [0.2, 0.25) is 0 Å². The van der Waals surface area contributed by atoms with Crippen molar-refractivity contribution in [2.24, 2.45) is 5.73 Å². The maximum absolute atomic E-state index is 12.4. The summed E-state index contributed by atoms with van der Waals surface area (Å²) in [7, 11) is 1.60. The van der Waals surface area contributed by atoms with Gasteiger partial charge >= 0.3 is 0 Å². The Morgan fingerprint density at radius 2 is 1.83 bits per heavy atom. The van der Waals surface area contributed by atoms with Crippen molar-refractivity contribution in [1.29, 1.82) is 0 Å². The van der Waals surface area contributed by atoms with Crippen molar-refractivity contribution in [2.45, 2.75) is 60.3 Å². The zero-order valence-corrected chi connectivity index (χ0v) is 23.8. The van der Waals surface area contributed by atoms with Crippen molar-refractivity contribution in [3.8, 4) is 11.5 Å². The molecule has 3 aromatic carbocycles. The Balaban J connectivity index is 1.22. The number of nitrogens with one attached hydrogen (secondary N) is 1. The van der Waals surface area contributed by atoms with E-state index in [2.05, 4.69) is 10.3 Å². The van der Waals surface area contributed by atoms with E-state index in [9.17, 15) is 9.90 Å². The van der Waals surface area contributed by atoms with Crippen LogP contribution in [0.5, 0.6) is 11.5 Å². The molecule has 9 heteroatoms. The number of fused-ring (bicyclic) bond motifs is 1. The number of rotatable bonds is 12. The third-order valence-electron chi connectivity index (χ3n) is 7.07. The van der Waals surface area contributed by atoms with Crippen molar-refractivity contribution in [2.75, 3.05) is 19.0 Å². The average molecular weight is 574 g/mol. The molecule has 1 saturated carbocycles. The highest BCUT2D eigenvalue weighted by Crippen LogP contribution is 2.38. The van der Waals surface area contributed by atoms with Crippen LogP contribution in [-0.4, -0.2) is 48.2 Å². The lowest BCUT2D eigenvalue weighted by Gasteiger charge is -2.23. The van der Waals surface area contributed by atoms with Gasteiger partial charge in [0.15, 0.2) is 17.8 Å². The zero-order chi connectivity index (χ0) is 28.6. The van der Waals surface area contributed by atoms with E-state index in [0.29, 0.717) is 30.1 Å². The number of nitrogens with zero attached hydrogens (tertiary/aromatic N) is 1. The summed E-state index contributed by atoms with van der Waals surface area (Å²) >= 11 is 1.60. The number of pyridine rings is 1. The molecule has 0 aliphatic heterocycles. The topological polar surface area (TPSA) is 116 Å². The Morgan fingerprint density at radius 1 is 1.07 bits per heavy atom. The van der Waals surface area contributed by atoms with Gasteiger partial charge in [0.1, 0.15) is 0 Å². The van der Waals surface area contributed by atoms with Crippen molar-refractivity contribution < 1.29 is 24.1 Å². The minimum absolute atomic E-state index is 0.0918. The summed E-state index contributed by atoms with van der Waals surface area (Å²) in [5.41, 5.74) is 8.26. The second-order valence-corrected chi connectivity index (χ2v) is 11.1. The highest BCUT2D eigenvalue weighted by molar-refractivity contribution is 7.99. The Labute approximate surface area is 244 Å². The minimum Gasteiger partial charge on any atom is -0.493 e. The summed E-state index contributed by atoms with van der Waals surface area (Å²) in [6.07, 6.45) is 5.49. The number of aromatic nitrogens is 1. The number of amides is 1. The van der Waals surface area contributed by atoms with Crippen LogP contribution in [-0.2, 0) is 4.74 Å². The fraction of sp³-hybridized carbons (Fsp3) is 0.312. The van der Waals surface area contributed by atoms with Gasteiger partial charge in [0.25, 0.3) is 5.91 Å². The molecule has 41 heavy (non-hydrogen) atoms. The molecule has 1 amide bonds. The summed E-state index contributed by atoms with van der Waals surface area (Å²) < 4.78 is 17.3. The largest absolute Gasteiger partial charge is 0.493 e. The number of aliphatic hydroxyl groups excluding tert-OH is 1. The van der Waals surface area contributed by atoms with Crippen LogP contribution in [0.3, 0.4) is 0 Å². The number of hydrogen-bond acceptors (Lipinski definition) is 8. The number of ether oxygens (including phenoxy) is 3. The SMILES string of the molecule is COc1cc2c(Sc3ccc(NC(=O)c4ccccc4)cc3)ccnc2cc1OCC[C@H](N)C(O)OC1CCCC1. The first-order chi connectivity index (χ1) is 20.0. The highest BCUT2D eigenvalue weighted by atomic mass is 32.2. The van der Waals surface area contributed by atoms with Gasteiger partial charge in [-0.15, -0.1) is 0 Å². The van der Waals surface area contributed by atoms with E-state index in [1.807, 2.05) is 60.7 Å². The highest BCUT2D eigenvalue weighted by Gasteiger charge is 2.23. The molecule has 0 spiro atoms. The predicted molar refractivity (Wildman–Crippen MR) is 161 cm³/mol. The lowest BCUT2D eigenvalue weighted by Crippen LogP contribution is -2.39. The molecule has 2 atom stereocenters. The number of nitrogens with two attached hydrogens (primary N) is 1. The van der Waals surface area contributed by atoms with Gasteiger partial charge in [-0.25, -0.2) is 0 Å². The molecule has 0 saturated heterocycles. The average Bonchev–Trinajstić information content (AvgIpc) is 3.51. The summed E-state index contributed by atoms with van der Waals surface area (Å²) in [6, 6.07) is 22.1. The zero-order valence-electron chi connectivity index (χ0n) is 23.0. The summed E-state index contributed by atoms with van der Waals surface area (Å²) in [5, 5.41) is 14.2. The maximum Gasteiger partial charge on any atom is 0.255 e. The van der Waals surface area contributed by atoms with E-state index in [4.69, 9.17) is 19.9 Å². The molecule has 1 aliphatic carbocycles. The molecule has 1 heterocycles. The van der Waals surface area contributed by atoms with Crippen LogP contribution in [0.25, 0.3) is 10.9 Å². The molecule has 8 nitrogen and oxygen atoms in total. The van der Waals surface area contributed by atoms with Crippen molar-refractivity contribution in [1.82, 2.24) is 4.98 Å². The van der Waals surface area contributed by atoms with Gasteiger partial charge in [-0.3, -0.25) is 9.78 Å². The van der Waals surface area contributed by atoms with Gasteiger partial charge in [-0.05, 0) is 61.4 Å². The summed E-state index contributed by atoms with van der Waals surface area (Å²) in [4.78, 5) is 19.0. The second-order valence-electron chi connectivity index (χ2n) is 10.0. The maximum atomic E-state index is 12.4. The van der Waals surface area contributed by atoms with E-state index in [-0.39, 0.29) is 12.0 Å². The van der Waals surface area contributed by atoms with Crippen molar-refractivity contribution in [3.05, 3.63) is 84.6 Å². The lowest BCUT2D eigenvalue weighted by atomic mass is 10.2. The van der Waals surface area contributed by atoms with Crippen LogP contribution in [0, 0.1) is 0 Å². The standard InChI is InChI=1S/C32H35N3O5S/c1-38-28-19-25-27(20-29(28)39-18-16-26(33)32(37)40-23-9-5-6-10-23)34-17-15-30(25)41-24-13-11-22(12-14-24)35-31(36)21-7-3-2-4-8-21/h2-4,7-8,11-15,17,19-20,23,26,32,37H,5-6,9-10,16,18,33H2,1H3,(H,35,36)/t26-,32?/m0/s1. The van der Waals surface area contributed by atoms with E-state index in [0.717, 1.165) is 52.1 Å². The van der Waals surface area contributed by atoms with Gasteiger partial charge in [0.05, 0.1) is 31.4 Å². The number of aliphatic hydroxyl groups is 1. The van der Waals surface area contributed by atoms with E-state index in [1.54, 1.807) is 37.2 Å². The monoisotopic (exact) mass is 573 g/mol. The fourth-order valence-electron chi connectivity index (χ4n) is 4.79. The third kappa shape index (κ3) is 7.56.